The maximum atomic E-state index is 4.45. The highest BCUT2D eigenvalue weighted by atomic mass is 15.1. The van der Waals surface area contributed by atoms with Crippen molar-refractivity contribution >= 4 is 0 Å². The summed E-state index contributed by atoms with van der Waals surface area (Å²) in [6.45, 7) is 2.21. The van der Waals surface area contributed by atoms with Crippen LogP contribution in [0.5, 0.6) is 0 Å². The lowest BCUT2D eigenvalue weighted by atomic mass is 10.1. The van der Waals surface area contributed by atoms with Gasteiger partial charge in [0.25, 0.3) is 0 Å². The van der Waals surface area contributed by atoms with E-state index in [2.05, 4.69) is 51.9 Å². The van der Waals surface area contributed by atoms with Crippen molar-refractivity contribution < 1.29 is 0 Å². The Kier molecular flexibility index (Phi) is 3.59. The van der Waals surface area contributed by atoms with Gasteiger partial charge in [-0.1, -0.05) is 36.4 Å². The van der Waals surface area contributed by atoms with Crippen LogP contribution in [-0.2, 0) is 6.42 Å². The number of hydrogen-bond acceptors (Lipinski definition) is 2. The van der Waals surface area contributed by atoms with E-state index in [1.807, 2.05) is 30.6 Å². The van der Waals surface area contributed by atoms with Gasteiger partial charge >= 0.3 is 0 Å². The second-order valence-corrected chi connectivity index (χ2v) is 4.96. The molecule has 0 amide bonds. The van der Waals surface area contributed by atoms with Crippen LogP contribution in [0.25, 0.3) is 11.4 Å². The van der Waals surface area contributed by atoms with Gasteiger partial charge in [0.05, 0.1) is 12.0 Å². The maximum absolute atomic E-state index is 4.45. The molecule has 3 rings (SSSR count). The molecule has 0 aliphatic heterocycles. The fourth-order valence-corrected chi connectivity index (χ4v) is 2.28. The first-order valence-corrected chi connectivity index (χ1v) is 6.82. The highest BCUT2D eigenvalue weighted by Gasteiger charge is 2.08. The molecule has 0 bridgehead atoms. The van der Waals surface area contributed by atoms with Crippen LogP contribution < -0.4 is 0 Å². The van der Waals surface area contributed by atoms with Crippen molar-refractivity contribution in [2.24, 2.45) is 0 Å². The molecule has 3 heteroatoms. The van der Waals surface area contributed by atoms with Crippen LogP contribution in [0, 0.1) is 0 Å². The number of nitrogens with zero attached hydrogens (tertiary/aromatic N) is 3. The van der Waals surface area contributed by atoms with Gasteiger partial charge in [0, 0.05) is 18.4 Å². The molecule has 0 spiro atoms. The largest absolute Gasteiger partial charge is 0.334 e. The molecule has 0 aliphatic carbocycles. The van der Waals surface area contributed by atoms with Crippen molar-refractivity contribution in [3.05, 3.63) is 72.8 Å². The van der Waals surface area contributed by atoms with Crippen molar-refractivity contribution in [1.29, 1.82) is 0 Å². The van der Waals surface area contributed by atoms with E-state index in [0.29, 0.717) is 6.04 Å². The van der Waals surface area contributed by atoms with Crippen molar-refractivity contribution in [2.45, 2.75) is 19.4 Å². The summed E-state index contributed by atoms with van der Waals surface area (Å²) < 4.78 is 2.15. The van der Waals surface area contributed by atoms with Crippen LogP contribution in [0.4, 0.5) is 0 Å². The fraction of sp³-hybridized carbons (Fsp3) is 0.176. The Balaban J connectivity index is 1.77. The predicted molar refractivity (Wildman–Crippen MR) is 80.3 cm³/mol. The van der Waals surface area contributed by atoms with Crippen LogP contribution in [0.15, 0.2) is 67.3 Å². The van der Waals surface area contributed by atoms with Crippen molar-refractivity contribution in [3.63, 3.8) is 0 Å². The Bertz CT molecular complexity index is 659. The monoisotopic (exact) mass is 263 g/mol. The van der Waals surface area contributed by atoms with Gasteiger partial charge in [-0.3, -0.25) is 4.98 Å². The Hall–Kier alpha value is -2.42. The number of hydrogen-bond donors (Lipinski definition) is 0. The van der Waals surface area contributed by atoms with E-state index < -0.39 is 0 Å². The molecule has 20 heavy (non-hydrogen) atoms. The molecule has 100 valence electrons. The summed E-state index contributed by atoms with van der Waals surface area (Å²) in [4.78, 5) is 8.78. The molecule has 1 aromatic carbocycles. The van der Waals surface area contributed by atoms with Gasteiger partial charge in [-0.15, -0.1) is 0 Å². The second-order valence-electron chi connectivity index (χ2n) is 4.96. The molecule has 3 aromatic rings. The zero-order valence-corrected chi connectivity index (χ0v) is 11.5. The molecule has 0 aliphatic rings. The molecule has 1 atom stereocenters. The predicted octanol–water partition coefficient (Wildman–Crippen LogP) is 3.75. The Morgan fingerprint density at radius 1 is 0.950 bits per heavy atom. The number of rotatable bonds is 4. The van der Waals surface area contributed by atoms with Gasteiger partial charge in [-0.2, -0.15) is 0 Å². The molecule has 3 nitrogen and oxygen atoms in total. The normalized spacial score (nSPS) is 12.2. The second kappa shape index (κ2) is 5.70. The van der Waals surface area contributed by atoms with E-state index >= 15 is 0 Å². The van der Waals surface area contributed by atoms with E-state index in [-0.39, 0.29) is 0 Å². The molecular formula is C17H17N3. The molecule has 0 N–H and O–H groups in total. The number of aromatic nitrogens is 3. The van der Waals surface area contributed by atoms with Crippen molar-refractivity contribution in [2.75, 3.05) is 0 Å². The summed E-state index contributed by atoms with van der Waals surface area (Å²) in [5, 5.41) is 0. The van der Waals surface area contributed by atoms with Gasteiger partial charge in [0.15, 0.2) is 0 Å². The molecule has 1 unspecified atom stereocenters. The fourth-order valence-electron chi connectivity index (χ4n) is 2.28. The van der Waals surface area contributed by atoms with Crippen LogP contribution in [0.2, 0.25) is 0 Å². The molecular weight excluding hydrogens is 246 g/mol. The number of imidazole rings is 1. The van der Waals surface area contributed by atoms with Gasteiger partial charge in [-0.05, 0) is 31.0 Å². The summed E-state index contributed by atoms with van der Waals surface area (Å²) in [6.07, 6.45) is 6.74. The van der Waals surface area contributed by atoms with Gasteiger partial charge in [-0.25, -0.2) is 4.98 Å². The van der Waals surface area contributed by atoms with Crippen LogP contribution in [0.3, 0.4) is 0 Å². The van der Waals surface area contributed by atoms with Crippen LogP contribution in [-0.4, -0.2) is 14.5 Å². The smallest absolute Gasteiger partial charge is 0.107 e. The average Bonchev–Trinajstić information content (AvgIpc) is 2.99. The molecule has 0 saturated carbocycles. The lowest BCUT2D eigenvalue weighted by Gasteiger charge is -2.12. The average molecular weight is 263 g/mol. The summed E-state index contributed by atoms with van der Waals surface area (Å²) in [6, 6.07) is 16.8. The molecule has 0 saturated heterocycles. The standard InChI is InChI=1S/C17H17N3/c1-14(11-15-7-3-2-4-8-15)20-12-17(19-13-20)16-9-5-6-10-18-16/h2-10,12-14H,11H2,1H3. The number of pyridine rings is 1. The molecule has 2 aromatic heterocycles. The quantitative estimate of drug-likeness (QED) is 0.717. The topological polar surface area (TPSA) is 30.7 Å². The molecule has 2 heterocycles. The van der Waals surface area contributed by atoms with Gasteiger partial charge in [0.1, 0.15) is 5.69 Å². The SMILES string of the molecule is CC(Cc1ccccc1)n1cnc(-c2ccccn2)c1. The Morgan fingerprint density at radius 3 is 2.50 bits per heavy atom. The highest BCUT2D eigenvalue weighted by Crippen LogP contribution is 2.18. The lowest BCUT2D eigenvalue weighted by molar-refractivity contribution is 0.544. The maximum Gasteiger partial charge on any atom is 0.107 e. The van der Waals surface area contributed by atoms with Gasteiger partial charge < -0.3 is 4.57 Å². The third-order valence-corrected chi connectivity index (χ3v) is 3.41. The first kappa shape index (κ1) is 12.6. The van der Waals surface area contributed by atoms with E-state index in [1.54, 1.807) is 6.20 Å². The van der Waals surface area contributed by atoms with E-state index in [1.165, 1.54) is 5.56 Å². The van der Waals surface area contributed by atoms with E-state index in [9.17, 15) is 0 Å². The minimum atomic E-state index is 0.377. The minimum absolute atomic E-state index is 0.377. The minimum Gasteiger partial charge on any atom is -0.334 e. The van der Waals surface area contributed by atoms with E-state index in [4.69, 9.17) is 0 Å². The summed E-state index contributed by atoms with van der Waals surface area (Å²) >= 11 is 0. The Morgan fingerprint density at radius 2 is 1.75 bits per heavy atom. The molecule has 0 fully saturated rings. The highest BCUT2D eigenvalue weighted by molar-refractivity contribution is 5.52. The van der Waals surface area contributed by atoms with Gasteiger partial charge in [0.2, 0.25) is 0 Å². The number of benzene rings is 1. The first-order chi connectivity index (χ1) is 9.83. The Labute approximate surface area is 118 Å². The van der Waals surface area contributed by atoms with Crippen molar-refractivity contribution in [3.8, 4) is 11.4 Å². The van der Waals surface area contributed by atoms with Crippen molar-refractivity contribution in [1.82, 2.24) is 14.5 Å². The lowest BCUT2D eigenvalue weighted by Crippen LogP contribution is -2.05. The summed E-state index contributed by atoms with van der Waals surface area (Å²) in [5.74, 6) is 0. The van der Waals surface area contributed by atoms with E-state index in [0.717, 1.165) is 17.8 Å². The summed E-state index contributed by atoms with van der Waals surface area (Å²) in [5.41, 5.74) is 3.18. The third kappa shape index (κ3) is 2.77. The molecule has 0 radical (unpaired) electrons. The zero-order chi connectivity index (χ0) is 13.8. The van der Waals surface area contributed by atoms with Crippen LogP contribution in [0.1, 0.15) is 18.5 Å². The third-order valence-electron chi connectivity index (χ3n) is 3.41. The van der Waals surface area contributed by atoms with Crippen LogP contribution >= 0.6 is 0 Å². The first-order valence-electron chi connectivity index (χ1n) is 6.82. The summed E-state index contributed by atoms with van der Waals surface area (Å²) in [7, 11) is 0. The zero-order valence-electron chi connectivity index (χ0n) is 11.5.